The van der Waals surface area contributed by atoms with Crippen molar-refractivity contribution in [2.75, 3.05) is 6.61 Å². The Labute approximate surface area is 204 Å². The van der Waals surface area contributed by atoms with E-state index in [1.165, 1.54) is 13.8 Å². The lowest BCUT2D eigenvalue weighted by Gasteiger charge is -2.49. The number of aliphatic carboxylic acids is 1. The van der Waals surface area contributed by atoms with Gasteiger partial charge in [-0.2, -0.15) is 0 Å². The van der Waals surface area contributed by atoms with Gasteiger partial charge >= 0.3 is 5.97 Å². The smallest absolute Gasteiger partial charge is 0.332 e. The third-order valence-electron chi connectivity index (χ3n) is 6.05. The van der Waals surface area contributed by atoms with Crippen LogP contribution in [0.4, 0.5) is 0 Å². The van der Waals surface area contributed by atoms with Gasteiger partial charge in [-0.05, 0) is 31.0 Å². The number of carboxylic acids is 1. The van der Waals surface area contributed by atoms with E-state index < -0.39 is 49.0 Å². The molecule has 2 aliphatic rings. The minimum absolute atomic E-state index is 0.174. The molecule has 2 aromatic rings. The Morgan fingerprint density at radius 3 is 2.60 bits per heavy atom. The maximum atomic E-state index is 12.2. The van der Waals surface area contributed by atoms with E-state index in [9.17, 15) is 14.7 Å². The summed E-state index contributed by atoms with van der Waals surface area (Å²) in [7, 11) is 0. The van der Waals surface area contributed by atoms with E-state index >= 15 is 0 Å². The number of aryl methyl sites for hydroxylation is 1. The Morgan fingerprint density at radius 1 is 1.14 bits per heavy atom. The van der Waals surface area contributed by atoms with Gasteiger partial charge in [-0.3, -0.25) is 4.79 Å². The molecule has 9 heteroatoms. The molecule has 2 N–H and O–H groups in total. The molecule has 0 saturated carbocycles. The Morgan fingerprint density at radius 2 is 1.91 bits per heavy atom. The van der Waals surface area contributed by atoms with Crippen LogP contribution in [0.1, 0.15) is 38.2 Å². The highest BCUT2D eigenvalue weighted by atomic mass is 16.8. The molecule has 2 fully saturated rings. The lowest BCUT2D eigenvalue weighted by molar-refractivity contribution is -0.340. The molecule has 0 aliphatic carbocycles. The molecule has 0 aromatic heterocycles. The molecule has 188 valence electrons. The second-order valence-electron chi connectivity index (χ2n) is 8.65. The summed E-state index contributed by atoms with van der Waals surface area (Å²) in [5.74, 6) is -0.904. The number of fused-ring (bicyclic) bond motifs is 1. The molecular formula is C26H31NO8. The van der Waals surface area contributed by atoms with Crippen molar-refractivity contribution in [3.63, 3.8) is 0 Å². The maximum absolute atomic E-state index is 12.2. The molecule has 4 rings (SSSR count). The van der Waals surface area contributed by atoms with E-state index in [4.69, 9.17) is 23.7 Å². The molecule has 0 radical (unpaired) electrons. The van der Waals surface area contributed by atoms with E-state index in [-0.39, 0.29) is 12.5 Å². The first kappa shape index (κ1) is 25.1. The molecule has 2 aliphatic heterocycles. The number of benzene rings is 2. The van der Waals surface area contributed by atoms with E-state index in [0.717, 1.165) is 17.5 Å². The molecule has 35 heavy (non-hydrogen) atoms. The first-order chi connectivity index (χ1) is 16.9. The summed E-state index contributed by atoms with van der Waals surface area (Å²) in [5, 5.41) is 12.4. The first-order valence-electron chi connectivity index (χ1n) is 11.7. The number of rotatable bonds is 8. The Bertz CT molecular complexity index is 1020. The van der Waals surface area contributed by atoms with Crippen molar-refractivity contribution in [1.29, 1.82) is 0 Å². The van der Waals surface area contributed by atoms with Crippen LogP contribution in [0.3, 0.4) is 0 Å². The molecule has 1 amide bonds. The van der Waals surface area contributed by atoms with E-state index in [2.05, 4.69) is 5.32 Å². The van der Waals surface area contributed by atoms with Crippen LogP contribution in [-0.2, 0) is 35.0 Å². The number of carboxylic acid groups (broad SMARTS) is 1. The van der Waals surface area contributed by atoms with Gasteiger partial charge in [0.05, 0.1) is 6.61 Å². The van der Waals surface area contributed by atoms with Crippen molar-refractivity contribution < 1.29 is 38.4 Å². The van der Waals surface area contributed by atoms with Gasteiger partial charge in [0, 0.05) is 12.5 Å². The number of carbonyl (C=O) groups excluding carboxylic acids is 1. The van der Waals surface area contributed by atoms with Crippen LogP contribution >= 0.6 is 0 Å². The van der Waals surface area contributed by atoms with Gasteiger partial charge in [0.25, 0.3) is 0 Å². The highest BCUT2D eigenvalue weighted by Crippen LogP contribution is 2.36. The van der Waals surface area contributed by atoms with E-state index in [0.29, 0.717) is 5.75 Å². The molecular weight excluding hydrogens is 454 g/mol. The van der Waals surface area contributed by atoms with Crippen molar-refractivity contribution in [1.82, 2.24) is 5.32 Å². The van der Waals surface area contributed by atoms with Crippen molar-refractivity contribution in [3.05, 3.63) is 65.7 Å². The molecule has 7 unspecified atom stereocenters. The zero-order chi connectivity index (χ0) is 24.9. The van der Waals surface area contributed by atoms with Crippen LogP contribution in [0.25, 0.3) is 0 Å². The van der Waals surface area contributed by atoms with Crippen LogP contribution in [0.2, 0.25) is 0 Å². The standard InChI is InChI=1S/C26H31NO8/c1-4-17-9-8-12-19(13-17)33-26-21(27-16(3)28)23(32-15(2)24(29)30)22-20(34-26)14-31-25(35-22)18-10-6-5-7-11-18/h5-13,15,20-23,25-26H,4,14H2,1-3H3,(H,27,28)(H,29,30). The van der Waals surface area contributed by atoms with Crippen LogP contribution in [0.15, 0.2) is 54.6 Å². The lowest BCUT2D eigenvalue weighted by atomic mass is 9.95. The zero-order valence-corrected chi connectivity index (χ0v) is 20.0. The fourth-order valence-electron chi connectivity index (χ4n) is 4.27. The predicted octanol–water partition coefficient (Wildman–Crippen LogP) is 2.83. The second-order valence-corrected chi connectivity index (χ2v) is 8.65. The van der Waals surface area contributed by atoms with Gasteiger partial charge in [-0.15, -0.1) is 0 Å². The third kappa shape index (κ3) is 5.99. The summed E-state index contributed by atoms with van der Waals surface area (Å²) in [4.78, 5) is 23.8. The number of amides is 1. The Balaban J connectivity index is 1.65. The Hall–Kier alpha value is -2.98. The molecule has 2 heterocycles. The summed E-state index contributed by atoms with van der Waals surface area (Å²) in [6.45, 7) is 5.02. The minimum Gasteiger partial charge on any atom is -0.479 e. The summed E-state index contributed by atoms with van der Waals surface area (Å²) >= 11 is 0. The van der Waals surface area contributed by atoms with Crippen LogP contribution in [0, 0.1) is 0 Å². The van der Waals surface area contributed by atoms with Crippen LogP contribution in [-0.4, -0.2) is 60.3 Å². The monoisotopic (exact) mass is 485 g/mol. The van der Waals surface area contributed by atoms with Gasteiger partial charge in [0.2, 0.25) is 12.2 Å². The fourth-order valence-corrected chi connectivity index (χ4v) is 4.27. The Kier molecular flexibility index (Phi) is 8.02. The zero-order valence-electron chi connectivity index (χ0n) is 20.0. The molecule has 2 saturated heterocycles. The third-order valence-corrected chi connectivity index (χ3v) is 6.05. The van der Waals surface area contributed by atoms with Gasteiger partial charge in [0.15, 0.2) is 12.4 Å². The number of ether oxygens (including phenoxy) is 5. The summed E-state index contributed by atoms with van der Waals surface area (Å²) in [6, 6.07) is 16.1. The number of nitrogens with one attached hydrogen (secondary N) is 1. The summed E-state index contributed by atoms with van der Waals surface area (Å²) in [6.07, 6.45) is -4.17. The highest BCUT2D eigenvalue weighted by Gasteiger charge is 2.52. The summed E-state index contributed by atoms with van der Waals surface area (Å²) in [5.41, 5.74) is 1.89. The number of carbonyl (C=O) groups is 2. The van der Waals surface area contributed by atoms with Gasteiger partial charge in [0.1, 0.15) is 30.1 Å². The van der Waals surface area contributed by atoms with E-state index in [1.807, 2.05) is 55.5 Å². The largest absolute Gasteiger partial charge is 0.479 e. The summed E-state index contributed by atoms with van der Waals surface area (Å²) < 4.78 is 30.5. The van der Waals surface area contributed by atoms with Gasteiger partial charge in [-0.25, -0.2) is 4.79 Å². The molecule has 9 nitrogen and oxygen atoms in total. The van der Waals surface area contributed by atoms with Crippen molar-refractivity contribution in [2.45, 2.75) is 70.2 Å². The van der Waals surface area contributed by atoms with Crippen molar-refractivity contribution >= 4 is 11.9 Å². The second kappa shape index (κ2) is 11.2. The van der Waals surface area contributed by atoms with Gasteiger partial charge in [-0.1, -0.05) is 49.4 Å². The highest BCUT2D eigenvalue weighted by molar-refractivity contribution is 5.73. The fraction of sp³-hybridized carbons (Fsp3) is 0.462. The topological polar surface area (TPSA) is 113 Å². The normalized spacial score (nSPS) is 29.0. The molecule has 2 aromatic carbocycles. The molecule has 0 spiro atoms. The number of hydrogen-bond donors (Lipinski definition) is 2. The first-order valence-corrected chi connectivity index (χ1v) is 11.7. The number of hydrogen-bond acceptors (Lipinski definition) is 7. The maximum Gasteiger partial charge on any atom is 0.332 e. The SMILES string of the molecule is CCc1cccc(OC2OC3COC(c4ccccc4)OC3C(OC(C)C(=O)O)C2NC(C)=O)c1. The van der Waals surface area contributed by atoms with E-state index in [1.54, 1.807) is 6.07 Å². The predicted molar refractivity (Wildman–Crippen MR) is 125 cm³/mol. The van der Waals surface area contributed by atoms with Crippen LogP contribution < -0.4 is 10.1 Å². The average molecular weight is 486 g/mol. The quantitative estimate of drug-likeness (QED) is 0.587. The van der Waals surface area contributed by atoms with Crippen LogP contribution in [0.5, 0.6) is 5.75 Å². The molecule has 0 bridgehead atoms. The van der Waals surface area contributed by atoms with Gasteiger partial charge < -0.3 is 34.1 Å². The molecule has 7 atom stereocenters. The van der Waals surface area contributed by atoms with Crippen molar-refractivity contribution in [2.24, 2.45) is 0 Å². The minimum atomic E-state index is -1.15. The average Bonchev–Trinajstić information content (AvgIpc) is 2.86. The lowest BCUT2D eigenvalue weighted by Crippen LogP contribution is -2.68. The van der Waals surface area contributed by atoms with Crippen molar-refractivity contribution in [3.8, 4) is 5.75 Å².